The number of anilines is 1. The lowest BCUT2D eigenvalue weighted by molar-refractivity contribution is -0.114. The van der Waals surface area contributed by atoms with Crippen LogP contribution in [0, 0.1) is 5.92 Å². The quantitative estimate of drug-likeness (QED) is 0.715. The second-order valence-corrected chi connectivity index (χ2v) is 8.34. The Balaban J connectivity index is 2.35. The molecule has 0 radical (unpaired) electrons. The molecule has 140 valence electrons. The lowest BCUT2D eigenvalue weighted by Crippen LogP contribution is -2.34. The molecule has 0 unspecified atom stereocenters. The summed E-state index contributed by atoms with van der Waals surface area (Å²) >= 11 is 1.61. The summed E-state index contributed by atoms with van der Waals surface area (Å²) in [5.41, 5.74) is 1.96. The lowest BCUT2D eigenvalue weighted by atomic mass is 9.88. The average molecular weight is 365 g/mol. The van der Waals surface area contributed by atoms with Gasteiger partial charge in [-0.1, -0.05) is 33.6 Å². The second kappa shape index (κ2) is 9.37. The van der Waals surface area contributed by atoms with Gasteiger partial charge in [0.05, 0.1) is 5.56 Å². The SMILES string of the molecule is CCCCN(CCCC)C(=O)c1c(NC(C)=O)sc2c1CC[C@@H](C)C2. The molecule has 2 rings (SSSR count). The monoisotopic (exact) mass is 364 g/mol. The topological polar surface area (TPSA) is 49.4 Å². The Morgan fingerprint density at radius 3 is 2.40 bits per heavy atom. The van der Waals surface area contributed by atoms with Crippen LogP contribution in [-0.2, 0) is 17.6 Å². The van der Waals surface area contributed by atoms with Crippen LogP contribution < -0.4 is 5.32 Å². The van der Waals surface area contributed by atoms with Crippen molar-refractivity contribution in [1.82, 2.24) is 4.90 Å². The Labute approximate surface area is 156 Å². The van der Waals surface area contributed by atoms with Crippen LogP contribution in [0.15, 0.2) is 0 Å². The molecule has 1 aliphatic rings. The fourth-order valence-corrected chi connectivity index (χ4v) is 4.84. The number of nitrogens with one attached hydrogen (secondary N) is 1. The van der Waals surface area contributed by atoms with Crippen molar-refractivity contribution in [2.24, 2.45) is 5.92 Å². The number of carbonyl (C=O) groups is 2. The first-order chi connectivity index (χ1) is 12.0. The summed E-state index contributed by atoms with van der Waals surface area (Å²) in [7, 11) is 0. The molecule has 1 aromatic heterocycles. The first-order valence-corrected chi connectivity index (χ1v) is 10.5. The van der Waals surface area contributed by atoms with E-state index >= 15 is 0 Å². The highest BCUT2D eigenvalue weighted by molar-refractivity contribution is 7.17. The summed E-state index contributed by atoms with van der Waals surface area (Å²) in [5, 5.41) is 3.68. The standard InChI is InChI=1S/C20H32N2O2S/c1-5-7-11-22(12-8-6-2)20(24)18-16-10-9-14(3)13-17(16)25-19(18)21-15(4)23/h14H,5-13H2,1-4H3,(H,21,23)/t14-/m1/s1. The number of hydrogen-bond donors (Lipinski definition) is 1. The van der Waals surface area contributed by atoms with Gasteiger partial charge in [0, 0.05) is 24.9 Å². The molecule has 1 aromatic rings. The average Bonchev–Trinajstić information content (AvgIpc) is 2.90. The molecule has 1 aliphatic carbocycles. The number of thiophene rings is 1. The predicted octanol–water partition coefficient (Wildman–Crippen LogP) is 4.87. The van der Waals surface area contributed by atoms with Crippen molar-refractivity contribution >= 4 is 28.2 Å². The molecule has 5 heteroatoms. The zero-order valence-electron chi connectivity index (χ0n) is 16.1. The second-order valence-electron chi connectivity index (χ2n) is 7.24. The highest BCUT2D eigenvalue weighted by Gasteiger charge is 2.30. The zero-order chi connectivity index (χ0) is 18.4. The highest BCUT2D eigenvalue weighted by Crippen LogP contribution is 2.40. The smallest absolute Gasteiger partial charge is 0.257 e. The molecule has 0 bridgehead atoms. The van der Waals surface area contributed by atoms with Gasteiger partial charge >= 0.3 is 0 Å². The van der Waals surface area contributed by atoms with Crippen molar-refractivity contribution in [1.29, 1.82) is 0 Å². The summed E-state index contributed by atoms with van der Waals surface area (Å²) in [6, 6.07) is 0. The molecular formula is C20H32N2O2S. The van der Waals surface area contributed by atoms with Crippen molar-refractivity contribution in [3.05, 3.63) is 16.0 Å². The number of unbranched alkanes of at least 4 members (excludes halogenated alkanes) is 2. The number of fused-ring (bicyclic) bond motifs is 1. The molecule has 0 aromatic carbocycles. The first kappa shape index (κ1) is 20.0. The van der Waals surface area contributed by atoms with E-state index in [1.807, 2.05) is 4.90 Å². The Hall–Kier alpha value is -1.36. The Morgan fingerprint density at radius 2 is 1.84 bits per heavy atom. The van der Waals surface area contributed by atoms with E-state index in [1.54, 1.807) is 11.3 Å². The molecule has 0 saturated heterocycles. The fourth-order valence-electron chi connectivity index (χ4n) is 3.40. The number of rotatable bonds is 8. The molecule has 25 heavy (non-hydrogen) atoms. The van der Waals surface area contributed by atoms with Crippen LogP contribution in [0.5, 0.6) is 0 Å². The van der Waals surface area contributed by atoms with E-state index in [4.69, 9.17) is 0 Å². The summed E-state index contributed by atoms with van der Waals surface area (Å²) in [6.45, 7) is 9.68. The van der Waals surface area contributed by atoms with E-state index in [1.165, 1.54) is 17.4 Å². The van der Waals surface area contributed by atoms with Crippen LogP contribution in [0.1, 0.15) is 80.6 Å². The molecule has 4 nitrogen and oxygen atoms in total. The van der Waals surface area contributed by atoms with E-state index in [0.717, 1.165) is 68.6 Å². The van der Waals surface area contributed by atoms with Crippen LogP contribution in [0.3, 0.4) is 0 Å². The molecule has 0 saturated carbocycles. The molecule has 1 atom stereocenters. The number of amides is 2. The minimum atomic E-state index is -0.102. The van der Waals surface area contributed by atoms with Gasteiger partial charge in [-0.15, -0.1) is 11.3 Å². The Kier molecular flexibility index (Phi) is 7.48. The van der Waals surface area contributed by atoms with Crippen LogP contribution in [-0.4, -0.2) is 29.8 Å². The predicted molar refractivity (Wildman–Crippen MR) is 106 cm³/mol. The maximum absolute atomic E-state index is 13.4. The molecular weight excluding hydrogens is 332 g/mol. The molecule has 0 spiro atoms. The number of hydrogen-bond acceptors (Lipinski definition) is 3. The molecule has 0 fully saturated rings. The van der Waals surface area contributed by atoms with Gasteiger partial charge in [-0.2, -0.15) is 0 Å². The summed E-state index contributed by atoms with van der Waals surface area (Å²) in [4.78, 5) is 28.3. The van der Waals surface area contributed by atoms with Crippen LogP contribution in [0.2, 0.25) is 0 Å². The summed E-state index contributed by atoms with van der Waals surface area (Å²) in [6.07, 6.45) is 7.28. The third-order valence-electron chi connectivity index (χ3n) is 4.87. The Bertz CT molecular complexity index is 601. The number of carbonyl (C=O) groups excluding carboxylic acids is 2. The van der Waals surface area contributed by atoms with Gasteiger partial charge in [0.2, 0.25) is 5.91 Å². The van der Waals surface area contributed by atoms with Crippen LogP contribution in [0.25, 0.3) is 0 Å². The van der Waals surface area contributed by atoms with Crippen molar-refractivity contribution in [2.75, 3.05) is 18.4 Å². The zero-order valence-corrected chi connectivity index (χ0v) is 16.9. The van der Waals surface area contributed by atoms with E-state index in [2.05, 4.69) is 26.1 Å². The van der Waals surface area contributed by atoms with Crippen molar-refractivity contribution < 1.29 is 9.59 Å². The van der Waals surface area contributed by atoms with Crippen molar-refractivity contribution in [2.45, 2.75) is 72.6 Å². The van der Waals surface area contributed by atoms with Crippen molar-refractivity contribution in [3.8, 4) is 0 Å². The molecule has 1 heterocycles. The summed E-state index contributed by atoms with van der Waals surface area (Å²) < 4.78 is 0. The largest absolute Gasteiger partial charge is 0.339 e. The van der Waals surface area contributed by atoms with Gasteiger partial charge < -0.3 is 10.2 Å². The van der Waals surface area contributed by atoms with Crippen molar-refractivity contribution in [3.63, 3.8) is 0 Å². The maximum Gasteiger partial charge on any atom is 0.257 e. The maximum atomic E-state index is 13.4. The lowest BCUT2D eigenvalue weighted by Gasteiger charge is -2.25. The van der Waals surface area contributed by atoms with E-state index in [-0.39, 0.29) is 11.8 Å². The van der Waals surface area contributed by atoms with Gasteiger partial charge in [0.1, 0.15) is 5.00 Å². The first-order valence-electron chi connectivity index (χ1n) is 9.69. The third-order valence-corrected chi connectivity index (χ3v) is 6.04. The van der Waals surface area contributed by atoms with Gasteiger partial charge in [0.25, 0.3) is 5.91 Å². The number of nitrogens with zero attached hydrogens (tertiary/aromatic N) is 1. The fraction of sp³-hybridized carbons (Fsp3) is 0.700. The van der Waals surface area contributed by atoms with Gasteiger partial charge in [0.15, 0.2) is 0 Å². The normalized spacial score (nSPS) is 16.4. The van der Waals surface area contributed by atoms with Crippen LogP contribution in [0.4, 0.5) is 5.00 Å². The summed E-state index contributed by atoms with van der Waals surface area (Å²) in [5.74, 6) is 0.655. The van der Waals surface area contributed by atoms with E-state index in [0.29, 0.717) is 5.92 Å². The molecule has 1 N–H and O–H groups in total. The molecule has 2 amide bonds. The highest BCUT2D eigenvalue weighted by atomic mass is 32.1. The Morgan fingerprint density at radius 1 is 1.20 bits per heavy atom. The van der Waals surface area contributed by atoms with Crippen LogP contribution >= 0.6 is 11.3 Å². The minimum absolute atomic E-state index is 0.102. The van der Waals surface area contributed by atoms with Gasteiger partial charge in [-0.3, -0.25) is 9.59 Å². The minimum Gasteiger partial charge on any atom is -0.339 e. The van der Waals surface area contributed by atoms with E-state index < -0.39 is 0 Å². The van der Waals surface area contributed by atoms with Gasteiger partial charge in [-0.25, -0.2) is 0 Å². The van der Waals surface area contributed by atoms with E-state index in [9.17, 15) is 9.59 Å². The molecule has 0 aliphatic heterocycles. The van der Waals surface area contributed by atoms with Gasteiger partial charge in [-0.05, 0) is 43.6 Å². The third kappa shape index (κ3) is 5.06.